The molecule has 2 rings (SSSR count). The predicted octanol–water partition coefficient (Wildman–Crippen LogP) is 2.20. The molecule has 94 valence electrons. The lowest BCUT2D eigenvalue weighted by Gasteiger charge is -2.02. The van der Waals surface area contributed by atoms with Crippen LogP contribution < -0.4 is 11.1 Å². The summed E-state index contributed by atoms with van der Waals surface area (Å²) in [5.74, 6) is 0.322. The Balaban J connectivity index is 2.06. The van der Waals surface area contributed by atoms with Crippen molar-refractivity contribution < 1.29 is 4.79 Å². The first-order valence-electron chi connectivity index (χ1n) is 5.90. The van der Waals surface area contributed by atoms with Gasteiger partial charge in [0.05, 0.1) is 0 Å². The highest BCUT2D eigenvalue weighted by Crippen LogP contribution is 2.11. The Labute approximate surface area is 105 Å². The lowest BCUT2D eigenvalue weighted by Crippen LogP contribution is -2.12. The summed E-state index contributed by atoms with van der Waals surface area (Å²) >= 11 is 0. The van der Waals surface area contributed by atoms with Crippen molar-refractivity contribution in [1.82, 2.24) is 10.2 Å². The number of amides is 1. The van der Waals surface area contributed by atoms with Crippen molar-refractivity contribution in [3.63, 3.8) is 0 Å². The number of hydrogen-bond acceptors (Lipinski definition) is 3. The van der Waals surface area contributed by atoms with Crippen molar-refractivity contribution in [3.05, 3.63) is 41.6 Å². The van der Waals surface area contributed by atoms with Gasteiger partial charge in [-0.25, -0.2) is 0 Å². The number of anilines is 2. The fourth-order valence-corrected chi connectivity index (χ4v) is 1.69. The molecule has 0 fully saturated rings. The summed E-state index contributed by atoms with van der Waals surface area (Å²) in [4.78, 5) is 11.9. The number of aromatic amines is 1. The fraction of sp³-hybridized carbons (Fsp3) is 0.231. The van der Waals surface area contributed by atoms with Crippen LogP contribution in [0, 0.1) is 0 Å². The number of H-pyrrole nitrogens is 1. The summed E-state index contributed by atoms with van der Waals surface area (Å²) in [6.07, 6.45) is 1.95. The summed E-state index contributed by atoms with van der Waals surface area (Å²) in [5.41, 5.74) is 7.74. The van der Waals surface area contributed by atoms with Crippen molar-refractivity contribution in [3.8, 4) is 0 Å². The second-order valence-corrected chi connectivity index (χ2v) is 4.11. The molecule has 2 aromatic rings. The first-order valence-corrected chi connectivity index (χ1v) is 5.90. The highest BCUT2D eigenvalue weighted by molar-refractivity contribution is 6.04. The number of nitrogens with two attached hydrogens (primary N) is 1. The van der Waals surface area contributed by atoms with Crippen LogP contribution in [0.4, 0.5) is 11.5 Å². The third-order valence-corrected chi connectivity index (χ3v) is 2.54. The molecule has 4 N–H and O–H groups in total. The van der Waals surface area contributed by atoms with E-state index in [1.807, 2.05) is 6.07 Å². The van der Waals surface area contributed by atoms with Crippen LogP contribution in [-0.4, -0.2) is 16.1 Å². The number of carbonyl (C=O) groups is 1. The lowest BCUT2D eigenvalue weighted by atomic mass is 10.2. The Kier molecular flexibility index (Phi) is 3.62. The Hall–Kier alpha value is -2.30. The van der Waals surface area contributed by atoms with Gasteiger partial charge in [0, 0.05) is 23.0 Å². The van der Waals surface area contributed by atoms with Gasteiger partial charge in [0.2, 0.25) is 0 Å². The van der Waals surface area contributed by atoms with Gasteiger partial charge in [0.1, 0.15) is 0 Å². The molecule has 5 nitrogen and oxygen atoms in total. The number of hydrogen-bond donors (Lipinski definition) is 3. The van der Waals surface area contributed by atoms with Crippen molar-refractivity contribution >= 4 is 17.4 Å². The summed E-state index contributed by atoms with van der Waals surface area (Å²) < 4.78 is 0. The van der Waals surface area contributed by atoms with Crippen LogP contribution in [0.2, 0.25) is 0 Å². The average Bonchev–Trinajstić information content (AvgIpc) is 2.77. The largest absolute Gasteiger partial charge is 0.399 e. The Morgan fingerprint density at radius 2 is 2.28 bits per heavy atom. The number of nitrogens with one attached hydrogen (secondary N) is 2. The van der Waals surface area contributed by atoms with Gasteiger partial charge in [-0.1, -0.05) is 19.4 Å². The van der Waals surface area contributed by atoms with Crippen molar-refractivity contribution in [2.75, 3.05) is 11.1 Å². The Morgan fingerprint density at radius 3 is 3.00 bits per heavy atom. The first-order chi connectivity index (χ1) is 8.69. The van der Waals surface area contributed by atoms with Crippen LogP contribution in [0.1, 0.15) is 29.4 Å². The summed E-state index contributed by atoms with van der Waals surface area (Å²) in [7, 11) is 0. The molecule has 0 aliphatic heterocycles. The highest BCUT2D eigenvalue weighted by Gasteiger charge is 2.08. The summed E-state index contributed by atoms with van der Waals surface area (Å²) in [5, 5.41) is 9.65. The fourth-order valence-electron chi connectivity index (χ4n) is 1.69. The van der Waals surface area contributed by atoms with Crippen LogP contribution in [0.3, 0.4) is 0 Å². The molecule has 1 aromatic carbocycles. The van der Waals surface area contributed by atoms with Gasteiger partial charge < -0.3 is 11.1 Å². The predicted molar refractivity (Wildman–Crippen MR) is 71.4 cm³/mol. The Morgan fingerprint density at radius 1 is 1.44 bits per heavy atom. The van der Waals surface area contributed by atoms with E-state index in [9.17, 15) is 4.79 Å². The quantitative estimate of drug-likeness (QED) is 0.721. The first kappa shape index (κ1) is 12.2. The molecular formula is C13H16N4O. The van der Waals surface area contributed by atoms with Crippen LogP contribution in [0.25, 0.3) is 0 Å². The standard InChI is InChI=1S/C13H16N4O/c1-2-4-11-8-12(17-16-11)15-13(18)9-5-3-6-10(14)7-9/h3,5-8H,2,4,14H2,1H3,(H2,15,16,17,18). The van der Waals surface area contributed by atoms with Gasteiger partial charge in [0.15, 0.2) is 5.82 Å². The zero-order valence-corrected chi connectivity index (χ0v) is 10.2. The second kappa shape index (κ2) is 5.35. The molecule has 1 amide bonds. The number of nitrogens with zero attached hydrogens (tertiary/aromatic N) is 1. The van der Waals surface area contributed by atoms with E-state index < -0.39 is 0 Å². The van der Waals surface area contributed by atoms with E-state index in [0.717, 1.165) is 18.5 Å². The van der Waals surface area contributed by atoms with Gasteiger partial charge in [-0.15, -0.1) is 0 Å². The van der Waals surface area contributed by atoms with Crippen LogP contribution in [0.15, 0.2) is 30.3 Å². The average molecular weight is 244 g/mol. The second-order valence-electron chi connectivity index (χ2n) is 4.11. The SMILES string of the molecule is CCCc1cc(NC(=O)c2cccc(N)c2)n[nH]1. The van der Waals surface area contributed by atoms with Crippen molar-refractivity contribution in [2.24, 2.45) is 0 Å². The topological polar surface area (TPSA) is 83.8 Å². The molecule has 0 aliphatic rings. The van der Waals surface area contributed by atoms with E-state index in [1.165, 1.54) is 0 Å². The molecule has 0 bridgehead atoms. The van der Waals surface area contributed by atoms with Gasteiger partial charge in [-0.2, -0.15) is 5.10 Å². The number of carbonyl (C=O) groups excluding carboxylic acids is 1. The van der Waals surface area contributed by atoms with E-state index in [2.05, 4.69) is 22.4 Å². The molecule has 0 radical (unpaired) electrons. The molecule has 0 unspecified atom stereocenters. The van der Waals surface area contributed by atoms with Gasteiger partial charge in [-0.05, 0) is 24.6 Å². The number of nitrogen functional groups attached to an aromatic ring is 1. The highest BCUT2D eigenvalue weighted by atomic mass is 16.1. The lowest BCUT2D eigenvalue weighted by molar-refractivity contribution is 0.102. The molecule has 0 saturated heterocycles. The van der Waals surface area contributed by atoms with E-state index in [4.69, 9.17) is 5.73 Å². The molecule has 5 heteroatoms. The smallest absolute Gasteiger partial charge is 0.256 e. The van der Waals surface area contributed by atoms with E-state index in [-0.39, 0.29) is 5.91 Å². The molecule has 18 heavy (non-hydrogen) atoms. The van der Waals surface area contributed by atoms with Crippen molar-refractivity contribution in [2.45, 2.75) is 19.8 Å². The number of aryl methyl sites for hydroxylation is 1. The molecule has 0 spiro atoms. The van der Waals surface area contributed by atoms with Gasteiger partial charge >= 0.3 is 0 Å². The zero-order chi connectivity index (χ0) is 13.0. The third kappa shape index (κ3) is 2.88. The number of benzene rings is 1. The van der Waals surface area contributed by atoms with E-state index >= 15 is 0 Å². The summed E-state index contributed by atoms with van der Waals surface area (Å²) in [6, 6.07) is 8.68. The van der Waals surface area contributed by atoms with Crippen LogP contribution in [0.5, 0.6) is 0 Å². The maximum Gasteiger partial charge on any atom is 0.256 e. The molecular weight excluding hydrogens is 228 g/mol. The third-order valence-electron chi connectivity index (χ3n) is 2.54. The van der Waals surface area contributed by atoms with E-state index in [0.29, 0.717) is 17.1 Å². The number of rotatable bonds is 4. The molecule has 0 saturated carbocycles. The van der Waals surface area contributed by atoms with Crippen LogP contribution in [-0.2, 0) is 6.42 Å². The molecule has 1 aromatic heterocycles. The van der Waals surface area contributed by atoms with Crippen LogP contribution >= 0.6 is 0 Å². The maximum absolute atomic E-state index is 11.9. The minimum absolute atomic E-state index is 0.211. The Bertz CT molecular complexity index is 547. The normalized spacial score (nSPS) is 10.3. The summed E-state index contributed by atoms with van der Waals surface area (Å²) in [6.45, 7) is 2.09. The number of aromatic nitrogens is 2. The van der Waals surface area contributed by atoms with Gasteiger partial charge in [0.25, 0.3) is 5.91 Å². The minimum Gasteiger partial charge on any atom is -0.399 e. The molecule has 0 aliphatic carbocycles. The van der Waals surface area contributed by atoms with Gasteiger partial charge in [-0.3, -0.25) is 9.89 Å². The zero-order valence-electron chi connectivity index (χ0n) is 10.2. The minimum atomic E-state index is -0.211. The van der Waals surface area contributed by atoms with E-state index in [1.54, 1.807) is 24.3 Å². The monoisotopic (exact) mass is 244 g/mol. The molecule has 1 heterocycles. The maximum atomic E-state index is 11.9. The molecule has 0 atom stereocenters. The van der Waals surface area contributed by atoms with Crippen molar-refractivity contribution in [1.29, 1.82) is 0 Å².